The van der Waals surface area contributed by atoms with E-state index in [4.69, 9.17) is 4.74 Å². The van der Waals surface area contributed by atoms with Gasteiger partial charge in [0.15, 0.2) is 5.96 Å². The van der Waals surface area contributed by atoms with E-state index >= 15 is 0 Å². The van der Waals surface area contributed by atoms with Gasteiger partial charge >= 0.3 is 6.09 Å². The Bertz CT molecular complexity index is 732. The van der Waals surface area contributed by atoms with Crippen molar-refractivity contribution in [3.05, 3.63) is 29.8 Å². The minimum absolute atomic E-state index is 0.00130. The molecule has 160 valence electrons. The summed E-state index contributed by atoms with van der Waals surface area (Å²) in [4.78, 5) is 29.6. The van der Waals surface area contributed by atoms with E-state index in [1.165, 1.54) is 0 Å². The fourth-order valence-corrected chi connectivity index (χ4v) is 2.61. The van der Waals surface area contributed by atoms with Crippen LogP contribution < -0.4 is 16.0 Å². The first-order valence-corrected chi connectivity index (χ1v) is 9.92. The number of carbonyl (C=O) groups excluding carboxylic acids is 2. The molecule has 0 unspecified atom stereocenters. The van der Waals surface area contributed by atoms with Crippen LogP contribution in [0.4, 0.5) is 10.5 Å². The van der Waals surface area contributed by atoms with E-state index in [2.05, 4.69) is 20.9 Å². The average Bonchev–Trinajstić information content (AvgIpc) is 2.59. The lowest BCUT2D eigenvalue weighted by molar-refractivity contribution is -0.118. The Morgan fingerprint density at radius 3 is 2.34 bits per heavy atom. The number of likely N-dealkylation sites (tertiary alicyclic amines) is 1. The molecule has 1 aliphatic rings. The van der Waals surface area contributed by atoms with Crippen molar-refractivity contribution >= 4 is 23.6 Å². The van der Waals surface area contributed by atoms with Crippen molar-refractivity contribution < 1.29 is 14.3 Å². The second kappa shape index (κ2) is 9.62. The quantitative estimate of drug-likeness (QED) is 0.519. The Hall–Kier alpha value is -2.77. The third-order valence-corrected chi connectivity index (χ3v) is 4.30. The molecule has 0 aliphatic carbocycles. The van der Waals surface area contributed by atoms with Crippen LogP contribution in [0.2, 0.25) is 0 Å². The molecule has 0 bridgehead atoms. The molecule has 0 spiro atoms. The van der Waals surface area contributed by atoms with E-state index in [0.29, 0.717) is 25.6 Å². The molecule has 0 aromatic heterocycles. The summed E-state index contributed by atoms with van der Waals surface area (Å²) < 4.78 is 5.36. The van der Waals surface area contributed by atoms with Gasteiger partial charge in [-0.2, -0.15) is 0 Å². The Balaban J connectivity index is 1.75. The number of amides is 2. The van der Waals surface area contributed by atoms with Crippen LogP contribution in [0.1, 0.15) is 40.2 Å². The molecule has 8 heteroatoms. The largest absolute Gasteiger partial charge is 0.444 e. The summed E-state index contributed by atoms with van der Waals surface area (Å²) in [6.45, 7) is 11.1. The van der Waals surface area contributed by atoms with Crippen molar-refractivity contribution in [3.8, 4) is 0 Å². The number of hydrogen-bond acceptors (Lipinski definition) is 4. The van der Waals surface area contributed by atoms with Gasteiger partial charge in [0.25, 0.3) is 0 Å². The van der Waals surface area contributed by atoms with Gasteiger partial charge in [-0.3, -0.25) is 9.79 Å². The van der Waals surface area contributed by atoms with Gasteiger partial charge in [-0.1, -0.05) is 26.0 Å². The second-order valence-corrected chi connectivity index (χ2v) is 8.49. The van der Waals surface area contributed by atoms with E-state index < -0.39 is 5.60 Å². The van der Waals surface area contributed by atoms with Gasteiger partial charge in [0.1, 0.15) is 5.60 Å². The highest BCUT2D eigenvalue weighted by molar-refractivity contribution is 5.92. The summed E-state index contributed by atoms with van der Waals surface area (Å²) in [6, 6.07) is 7.84. The molecule has 2 amide bonds. The average molecular weight is 404 g/mol. The zero-order valence-electron chi connectivity index (χ0n) is 18.2. The van der Waals surface area contributed by atoms with Crippen molar-refractivity contribution in [2.75, 3.05) is 25.5 Å². The first kappa shape index (κ1) is 22.5. The minimum atomic E-state index is -0.486. The SMILES string of the molecule is CN=C(NCc1ccc(NC(=O)C(C)C)cc1)NC1CN(C(=O)OC(C)(C)C)C1. The van der Waals surface area contributed by atoms with Crippen LogP contribution in [0.15, 0.2) is 29.3 Å². The molecular weight excluding hydrogens is 370 g/mol. The maximum Gasteiger partial charge on any atom is 0.410 e. The van der Waals surface area contributed by atoms with E-state index in [0.717, 1.165) is 11.3 Å². The lowest BCUT2D eigenvalue weighted by Gasteiger charge is -2.40. The molecule has 1 saturated heterocycles. The van der Waals surface area contributed by atoms with E-state index in [1.54, 1.807) is 11.9 Å². The van der Waals surface area contributed by atoms with Crippen molar-refractivity contribution in [3.63, 3.8) is 0 Å². The number of hydrogen-bond donors (Lipinski definition) is 3. The predicted octanol–water partition coefficient (Wildman–Crippen LogP) is 2.57. The number of aliphatic imine (C=N–C) groups is 1. The molecule has 1 fully saturated rings. The van der Waals surface area contributed by atoms with Gasteiger partial charge in [-0.25, -0.2) is 4.79 Å². The minimum Gasteiger partial charge on any atom is -0.444 e. The lowest BCUT2D eigenvalue weighted by Crippen LogP contribution is -2.63. The van der Waals surface area contributed by atoms with Crippen LogP contribution in [-0.2, 0) is 16.1 Å². The van der Waals surface area contributed by atoms with Gasteiger partial charge in [-0.05, 0) is 38.5 Å². The van der Waals surface area contributed by atoms with Gasteiger partial charge in [-0.15, -0.1) is 0 Å². The number of guanidine groups is 1. The smallest absolute Gasteiger partial charge is 0.410 e. The molecule has 29 heavy (non-hydrogen) atoms. The van der Waals surface area contributed by atoms with Crippen LogP contribution >= 0.6 is 0 Å². The summed E-state index contributed by atoms with van der Waals surface area (Å²) >= 11 is 0. The first-order valence-electron chi connectivity index (χ1n) is 9.92. The highest BCUT2D eigenvalue weighted by Gasteiger charge is 2.34. The maximum absolute atomic E-state index is 12.0. The first-order chi connectivity index (χ1) is 13.6. The standard InChI is InChI=1S/C21H33N5O3/c1-14(2)18(27)24-16-9-7-15(8-10-16)11-23-19(22-6)25-17-12-26(13-17)20(28)29-21(3,4)5/h7-10,14,17H,11-13H2,1-6H3,(H,24,27)(H2,22,23,25). The van der Waals surface area contributed by atoms with Gasteiger partial charge in [0.05, 0.1) is 6.04 Å². The number of benzene rings is 1. The lowest BCUT2D eigenvalue weighted by atomic mass is 10.1. The summed E-state index contributed by atoms with van der Waals surface area (Å²) in [5, 5.41) is 9.44. The number of rotatable bonds is 5. The van der Waals surface area contributed by atoms with Crippen molar-refractivity contribution in [2.45, 2.75) is 52.8 Å². The molecule has 1 aromatic carbocycles. The summed E-state index contributed by atoms with van der Waals surface area (Å²) in [7, 11) is 1.71. The van der Waals surface area contributed by atoms with Crippen molar-refractivity contribution in [1.82, 2.24) is 15.5 Å². The highest BCUT2D eigenvalue weighted by atomic mass is 16.6. The van der Waals surface area contributed by atoms with Crippen LogP contribution in [-0.4, -0.2) is 54.6 Å². The number of carbonyl (C=O) groups is 2. The van der Waals surface area contributed by atoms with E-state index in [9.17, 15) is 9.59 Å². The molecule has 2 rings (SSSR count). The molecule has 1 heterocycles. The monoisotopic (exact) mass is 403 g/mol. The molecule has 0 saturated carbocycles. The number of ether oxygens (including phenoxy) is 1. The Morgan fingerprint density at radius 2 is 1.83 bits per heavy atom. The van der Waals surface area contributed by atoms with Crippen LogP contribution in [0, 0.1) is 5.92 Å². The zero-order valence-corrected chi connectivity index (χ0v) is 18.2. The topological polar surface area (TPSA) is 95.1 Å². The highest BCUT2D eigenvalue weighted by Crippen LogP contribution is 2.15. The zero-order chi connectivity index (χ0) is 21.6. The molecule has 8 nitrogen and oxygen atoms in total. The van der Waals surface area contributed by atoms with E-state index in [-0.39, 0.29) is 24.0 Å². The van der Waals surface area contributed by atoms with Gasteiger partial charge in [0.2, 0.25) is 5.91 Å². The fourth-order valence-electron chi connectivity index (χ4n) is 2.61. The van der Waals surface area contributed by atoms with Crippen molar-refractivity contribution in [2.24, 2.45) is 10.9 Å². The molecule has 0 radical (unpaired) electrons. The van der Waals surface area contributed by atoms with Crippen LogP contribution in [0.25, 0.3) is 0 Å². The molecule has 1 aliphatic heterocycles. The Labute approximate surface area is 173 Å². The summed E-state index contributed by atoms with van der Waals surface area (Å²) in [5.74, 6) is 0.626. The van der Waals surface area contributed by atoms with Gasteiger partial charge < -0.3 is 25.6 Å². The number of anilines is 1. The fraction of sp³-hybridized carbons (Fsp3) is 0.571. The third kappa shape index (κ3) is 7.29. The summed E-state index contributed by atoms with van der Waals surface area (Å²) in [5.41, 5.74) is 1.37. The van der Waals surface area contributed by atoms with Crippen LogP contribution in [0.3, 0.4) is 0 Å². The predicted molar refractivity (Wildman–Crippen MR) is 115 cm³/mol. The third-order valence-electron chi connectivity index (χ3n) is 4.30. The number of nitrogens with zero attached hydrogens (tertiary/aromatic N) is 2. The molecular formula is C21H33N5O3. The molecule has 0 atom stereocenters. The molecule has 3 N–H and O–H groups in total. The number of nitrogens with one attached hydrogen (secondary N) is 3. The van der Waals surface area contributed by atoms with Crippen molar-refractivity contribution in [1.29, 1.82) is 0 Å². The Kier molecular flexibility index (Phi) is 7.47. The second-order valence-electron chi connectivity index (χ2n) is 8.49. The molecule has 1 aromatic rings. The van der Waals surface area contributed by atoms with Gasteiger partial charge in [0, 0.05) is 38.3 Å². The van der Waals surface area contributed by atoms with E-state index in [1.807, 2.05) is 58.9 Å². The van der Waals surface area contributed by atoms with Crippen LogP contribution in [0.5, 0.6) is 0 Å². The summed E-state index contributed by atoms with van der Waals surface area (Å²) in [6.07, 6.45) is -0.289. The maximum atomic E-state index is 12.0. The normalized spacial score (nSPS) is 15.0. The Morgan fingerprint density at radius 1 is 1.21 bits per heavy atom.